The van der Waals surface area contributed by atoms with E-state index in [4.69, 9.17) is 4.74 Å². The lowest BCUT2D eigenvalue weighted by Gasteiger charge is -2.37. The number of aliphatic hydroxyl groups excluding tert-OH is 1. The molecule has 0 amide bonds. The van der Waals surface area contributed by atoms with Crippen LogP contribution in [0.4, 0.5) is 0 Å². The molecule has 0 bridgehead atoms. The molecule has 0 unspecified atom stereocenters. The number of hydrogen-bond donors (Lipinski definition) is 1. The van der Waals surface area contributed by atoms with Crippen molar-refractivity contribution in [1.82, 2.24) is 4.90 Å². The Kier molecular flexibility index (Phi) is 4.85. The van der Waals surface area contributed by atoms with E-state index in [2.05, 4.69) is 18.7 Å². The molecule has 0 saturated carbocycles. The normalized spacial score (nSPS) is 19.9. The fraction of sp³-hybridized carbons (Fsp3) is 1.00. The predicted molar refractivity (Wildman–Crippen MR) is 57.4 cm³/mol. The molecule has 0 aromatic rings. The third-order valence-corrected chi connectivity index (χ3v) is 3.50. The van der Waals surface area contributed by atoms with E-state index >= 15 is 0 Å². The average molecular weight is 201 g/mol. The first kappa shape index (κ1) is 12.0. The van der Waals surface area contributed by atoms with Crippen LogP contribution in [0.5, 0.6) is 0 Å². The monoisotopic (exact) mass is 201 g/mol. The zero-order valence-corrected chi connectivity index (χ0v) is 9.46. The zero-order chi connectivity index (χ0) is 10.4. The van der Waals surface area contributed by atoms with Gasteiger partial charge in [-0.2, -0.15) is 0 Å². The number of nitrogens with zero attached hydrogens (tertiary/aromatic N) is 1. The fourth-order valence-electron chi connectivity index (χ4n) is 1.98. The number of rotatable bonds is 5. The molecule has 1 rings (SSSR count). The SMILES string of the molecule is CCC(CC)(CO)CN1CCOCC1. The summed E-state index contributed by atoms with van der Waals surface area (Å²) < 4.78 is 5.31. The van der Waals surface area contributed by atoms with Gasteiger partial charge in [-0.15, -0.1) is 0 Å². The van der Waals surface area contributed by atoms with Crippen molar-refractivity contribution in [2.24, 2.45) is 5.41 Å². The molecule has 0 aromatic heterocycles. The Morgan fingerprint density at radius 1 is 1.21 bits per heavy atom. The Morgan fingerprint density at radius 2 is 1.79 bits per heavy atom. The Bertz CT molecular complexity index is 143. The molecule has 14 heavy (non-hydrogen) atoms. The van der Waals surface area contributed by atoms with Crippen LogP contribution in [0.3, 0.4) is 0 Å². The molecule has 1 aliphatic rings. The first-order valence-corrected chi connectivity index (χ1v) is 5.67. The highest BCUT2D eigenvalue weighted by Gasteiger charge is 2.28. The highest BCUT2D eigenvalue weighted by molar-refractivity contribution is 4.80. The molecule has 0 aliphatic carbocycles. The summed E-state index contributed by atoms with van der Waals surface area (Å²) in [4.78, 5) is 2.41. The van der Waals surface area contributed by atoms with E-state index in [0.29, 0.717) is 6.61 Å². The van der Waals surface area contributed by atoms with Gasteiger partial charge in [-0.25, -0.2) is 0 Å². The first-order chi connectivity index (χ1) is 6.76. The van der Waals surface area contributed by atoms with Gasteiger partial charge in [0.2, 0.25) is 0 Å². The summed E-state index contributed by atoms with van der Waals surface area (Å²) in [5.41, 5.74) is 0.108. The second-order valence-electron chi connectivity index (χ2n) is 4.25. The van der Waals surface area contributed by atoms with Crippen molar-refractivity contribution in [3.8, 4) is 0 Å². The number of aliphatic hydroxyl groups is 1. The van der Waals surface area contributed by atoms with E-state index in [9.17, 15) is 5.11 Å². The maximum absolute atomic E-state index is 9.45. The lowest BCUT2D eigenvalue weighted by molar-refractivity contribution is -0.00142. The quantitative estimate of drug-likeness (QED) is 0.723. The van der Waals surface area contributed by atoms with Gasteiger partial charge in [0.25, 0.3) is 0 Å². The fourth-order valence-corrected chi connectivity index (χ4v) is 1.98. The Balaban J connectivity index is 2.44. The van der Waals surface area contributed by atoms with Crippen molar-refractivity contribution in [3.63, 3.8) is 0 Å². The molecule has 3 heteroatoms. The molecular weight excluding hydrogens is 178 g/mol. The van der Waals surface area contributed by atoms with Crippen LogP contribution in [0.25, 0.3) is 0 Å². The summed E-state index contributed by atoms with van der Waals surface area (Å²) in [5, 5.41) is 9.45. The van der Waals surface area contributed by atoms with E-state index in [1.54, 1.807) is 0 Å². The number of morpholine rings is 1. The van der Waals surface area contributed by atoms with Gasteiger partial charge in [-0.1, -0.05) is 13.8 Å². The summed E-state index contributed by atoms with van der Waals surface area (Å²) >= 11 is 0. The third kappa shape index (κ3) is 2.94. The molecule has 0 aromatic carbocycles. The van der Waals surface area contributed by atoms with Gasteiger partial charge in [0.15, 0.2) is 0 Å². The van der Waals surface area contributed by atoms with Gasteiger partial charge in [-0.3, -0.25) is 4.90 Å². The van der Waals surface area contributed by atoms with Crippen LogP contribution in [-0.4, -0.2) is 49.5 Å². The molecule has 0 spiro atoms. The van der Waals surface area contributed by atoms with Crippen molar-refractivity contribution in [2.45, 2.75) is 26.7 Å². The summed E-state index contributed by atoms with van der Waals surface area (Å²) in [7, 11) is 0. The van der Waals surface area contributed by atoms with Gasteiger partial charge in [0.05, 0.1) is 13.2 Å². The van der Waals surface area contributed by atoms with E-state index in [-0.39, 0.29) is 5.41 Å². The topological polar surface area (TPSA) is 32.7 Å². The summed E-state index contributed by atoms with van der Waals surface area (Å²) in [5.74, 6) is 0. The van der Waals surface area contributed by atoms with Crippen molar-refractivity contribution >= 4 is 0 Å². The van der Waals surface area contributed by atoms with E-state index in [1.165, 1.54) is 0 Å². The van der Waals surface area contributed by atoms with E-state index in [0.717, 1.165) is 45.7 Å². The van der Waals surface area contributed by atoms with Crippen LogP contribution in [0, 0.1) is 5.41 Å². The van der Waals surface area contributed by atoms with Gasteiger partial charge in [0, 0.05) is 31.7 Å². The molecule has 1 fully saturated rings. The van der Waals surface area contributed by atoms with Crippen molar-refractivity contribution < 1.29 is 9.84 Å². The van der Waals surface area contributed by atoms with Crippen LogP contribution >= 0.6 is 0 Å². The van der Waals surface area contributed by atoms with Crippen LogP contribution in [-0.2, 0) is 4.74 Å². The molecule has 0 atom stereocenters. The highest BCUT2D eigenvalue weighted by Crippen LogP contribution is 2.27. The van der Waals surface area contributed by atoms with Gasteiger partial charge in [0.1, 0.15) is 0 Å². The third-order valence-electron chi connectivity index (χ3n) is 3.50. The molecule has 1 saturated heterocycles. The summed E-state index contributed by atoms with van der Waals surface area (Å²) in [6, 6.07) is 0. The molecular formula is C11H23NO2. The summed E-state index contributed by atoms with van der Waals surface area (Å²) in [6.07, 6.45) is 2.11. The minimum absolute atomic E-state index is 0.108. The molecule has 0 radical (unpaired) electrons. The van der Waals surface area contributed by atoms with Gasteiger partial charge in [-0.05, 0) is 12.8 Å². The molecule has 3 nitrogen and oxygen atoms in total. The standard InChI is InChI=1S/C11H23NO2/c1-3-11(4-2,10-13)9-12-5-7-14-8-6-12/h13H,3-10H2,1-2H3. The first-order valence-electron chi connectivity index (χ1n) is 5.67. The van der Waals surface area contributed by atoms with E-state index in [1.807, 2.05) is 0 Å². The highest BCUT2D eigenvalue weighted by atomic mass is 16.5. The largest absolute Gasteiger partial charge is 0.396 e. The Morgan fingerprint density at radius 3 is 2.21 bits per heavy atom. The second kappa shape index (κ2) is 5.69. The predicted octanol–water partition coefficient (Wildman–Crippen LogP) is 1.12. The minimum atomic E-state index is 0.108. The molecule has 1 N–H and O–H groups in total. The molecule has 1 aliphatic heterocycles. The average Bonchev–Trinajstić information content (AvgIpc) is 2.28. The smallest absolute Gasteiger partial charge is 0.0594 e. The van der Waals surface area contributed by atoms with E-state index < -0.39 is 0 Å². The maximum atomic E-state index is 9.45. The minimum Gasteiger partial charge on any atom is -0.396 e. The van der Waals surface area contributed by atoms with Crippen LogP contribution in [0.2, 0.25) is 0 Å². The summed E-state index contributed by atoms with van der Waals surface area (Å²) in [6.45, 7) is 9.37. The number of ether oxygens (including phenoxy) is 1. The molecule has 84 valence electrons. The molecule has 1 heterocycles. The Hall–Kier alpha value is -0.120. The van der Waals surface area contributed by atoms with Crippen molar-refractivity contribution in [3.05, 3.63) is 0 Å². The van der Waals surface area contributed by atoms with Crippen molar-refractivity contribution in [1.29, 1.82) is 0 Å². The second-order valence-corrected chi connectivity index (χ2v) is 4.25. The van der Waals surface area contributed by atoms with Gasteiger partial charge < -0.3 is 9.84 Å². The van der Waals surface area contributed by atoms with Crippen LogP contribution < -0.4 is 0 Å². The zero-order valence-electron chi connectivity index (χ0n) is 9.46. The lowest BCUT2D eigenvalue weighted by atomic mass is 9.82. The van der Waals surface area contributed by atoms with Crippen LogP contribution in [0.15, 0.2) is 0 Å². The van der Waals surface area contributed by atoms with Gasteiger partial charge >= 0.3 is 0 Å². The Labute approximate surface area is 87.1 Å². The van der Waals surface area contributed by atoms with Crippen LogP contribution in [0.1, 0.15) is 26.7 Å². The lowest BCUT2D eigenvalue weighted by Crippen LogP contribution is -2.45. The van der Waals surface area contributed by atoms with Crippen molar-refractivity contribution in [2.75, 3.05) is 39.5 Å². The number of hydrogen-bond acceptors (Lipinski definition) is 3. The maximum Gasteiger partial charge on any atom is 0.0594 e.